The molecule has 0 spiro atoms. The van der Waals surface area contributed by atoms with Gasteiger partial charge in [-0.25, -0.2) is 9.97 Å². The summed E-state index contributed by atoms with van der Waals surface area (Å²) in [6, 6.07) is 8.36. The Hall–Kier alpha value is -2.18. The average Bonchev–Trinajstić information content (AvgIpc) is 3.41. The topological polar surface area (TPSA) is 70.2 Å². The van der Waals surface area contributed by atoms with E-state index in [4.69, 9.17) is 11.6 Å². The van der Waals surface area contributed by atoms with Crippen LogP contribution in [-0.2, 0) is 11.2 Å². The standard InChI is InChI=1S/C25H34ClN5O/c1-16(2)31-14-4-5-21(31)23(18-7-9-19(26)10-8-18)25(32)28-13-12-27-24-22-17(3)6-11-20(22)29-15-30-24/h7-10,15-17,21,23H,4-6,11-14H2,1-3H3,(H,28,32)(H,27,29,30)/t17-,21+,23+/m1/s1. The molecule has 1 aromatic carbocycles. The summed E-state index contributed by atoms with van der Waals surface area (Å²) >= 11 is 6.12. The van der Waals surface area contributed by atoms with Crippen molar-refractivity contribution in [2.24, 2.45) is 0 Å². The van der Waals surface area contributed by atoms with Crippen molar-refractivity contribution in [3.63, 3.8) is 0 Å². The maximum absolute atomic E-state index is 13.4. The highest BCUT2D eigenvalue weighted by Crippen LogP contribution is 2.35. The van der Waals surface area contributed by atoms with Gasteiger partial charge in [-0.3, -0.25) is 9.69 Å². The van der Waals surface area contributed by atoms with Crippen LogP contribution in [0.15, 0.2) is 30.6 Å². The van der Waals surface area contributed by atoms with Gasteiger partial charge in [0.25, 0.3) is 0 Å². The first-order valence-corrected chi connectivity index (χ1v) is 12.2. The Morgan fingerprint density at radius 3 is 2.72 bits per heavy atom. The van der Waals surface area contributed by atoms with Gasteiger partial charge in [0.2, 0.25) is 5.91 Å². The van der Waals surface area contributed by atoms with E-state index >= 15 is 0 Å². The van der Waals surface area contributed by atoms with Gasteiger partial charge in [0, 0.05) is 41.5 Å². The maximum Gasteiger partial charge on any atom is 0.229 e. The lowest BCUT2D eigenvalue weighted by Crippen LogP contribution is -2.45. The van der Waals surface area contributed by atoms with E-state index in [0.29, 0.717) is 30.1 Å². The number of aryl methyl sites for hydroxylation is 1. The zero-order valence-corrected chi connectivity index (χ0v) is 20.0. The van der Waals surface area contributed by atoms with Gasteiger partial charge >= 0.3 is 0 Å². The SMILES string of the molecule is CC(C)N1CCC[C@H]1[C@@H](C(=O)NCCNc1ncnc2c1[C@H](C)CC2)c1ccc(Cl)cc1. The van der Waals surface area contributed by atoms with Gasteiger partial charge in [0.05, 0.1) is 5.92 Å². The van der Waals surface area contributed by atoms with E-state index in [1.165, 1.54) is 5.56 Å². The van der Waals surface area contributed by atoms with Crippen LogP contribution < -0.4 is 10.6 Å². The Morgan fingerprint density at radius 2 is 1.97 bits per heavy atom. The number of likely N-dealkylation sites (tertiary alicyclic amines) is 1. The minimum atomic E-state index is -0.208. The molecule has 1 saturated heterocycles. The summed E-state index contributed by atoms with van der Waals surface area (Å²) in [6.07, 6.45) is 5.92. The second-order valence-electron chi connectivity index (χ2n) is 9.31. The number of rotatable bonds is 8. The lowest BCUT2D eigenvalue weighted by Gasteiger charge is -2.34. The molecule has 1 amide bonds. The van der Waals surface area contributed by atoms with Crippen molar-refractivity contribution in [2.45, 2.75) is 70.4 Å². The number of benzene rings is 1. The third-order valence-corrected chi connectivity index (χ3v) is 7.14. The molecule has 2 aliphatic rings. The molecule has 32 heavy (non-hydrogen) atoms. The molecule has 4 rings (SSSR count). The average molecular weight is 456 g/mol. The molecule has 0 unspecified atom stereocenters. The van der Waals surface area contributed by atoms with Crippen LogP contribution in [0.5, 0.6) is 0 Å². The van der Waals surface area contributed by atoms with E-state index in [1.807, 2.05) is 24.3 Å². The zero-order valence-electron chi connectivity index (χ0n) is 19.3. The molecular weight excluding hydrogens is 422 g/mol. The third-order valence-electron chi connectivity index (χ3n) is 6.89. The van der Waals surface area contributed by atoms with Gasteiger partial charge in [-0.15, -0.1) is 0 Å². The molecule has 1 aromatic heterocycles. The number of anilines is 1. The lowest BCUT2D eigenvalue weighted by atomic mass is 9.88. The van der Waals surface area contributed by atoms with E-state index in [-0.39, 0.29) is 17.9 Å². The monoisotopic (exact) mass is 455 g/mol. The quantitative estimate of drug-likeness (QED) is 0.578. The Kier molecular flexibility index (Phi) is 7.31. The number of nitrogens with zero attached hydrogens (tertiary/aromatic N) is 3. The fourth-order valence-corrected chi connectivity index (χ4v) is 5.42. The molecule has 1 aliphatic carbocycles. The van der Waals surface area contributed by atoms with Crippen LogP contribution in [-0.4, -0.2) is 52.5 Å². The van der Waals surface area contributed by atoms with Crippen molar-refractivity contribution in [2.75, 3.05) is 25.0 Å². The Labute approximate surface area is 196 Å². The molecule has 0 saturated carbocycles. The van der Waals surface area contributed by atoms with Crippen LogP contribution >= 0.6 is 11.6 Å². The number of carbonyl (C=O) groups excluding carboxylic acids is 1. The molecule has 0 bridgehead atoms. The van der Waals surface area contributed by atoms with Crippen LogP contribution in [0.2, 0.25) is 5.02 Å². The Morgan fingerprint density at radius 1 is 1.19 bits per heavy atom. The number of carbonyl (C=O) groups is 1. The van der Waals surface area contributed by atoms with Gasteiger partial charge in [0.15, 0.2) is 0 Å². The predicted molar refractivity (Wildman–Crippen MR) is 129 cm³/mol. The second kappa shape index (κ2) is 10.2. The van der Waals surface area contributed by atoms with E-state index in [2.05, 4.69) is 46.3 Å². The van der Waals surface area contributed by atoms with Crippen molar-refractivity contribution in [1.29, 1.82) is 0 Å². The van der Waals surface area contributed by atoms with Crippen molar-refractivity contribution in [3.05, 3.63) is 52.4 Å². The summed E-state index contributed by atoms with van der Waals surface area (Å²) in [4.78, 5) is 24.7. The number of fused-ring (bicyclic) bond motifs is 1. The van der Waals surface area contributed by atoms with Crippen molar-refractivity contribution in [3.8, 4) is 0 Å². The summed E-state index contributed by atoms with van der Waals surface area (Å²) in [5.74, 6) is 1.25. The molecule has 3 atom stereocenters. The van der Waals surface area contributed by atoms with Crippen LogP contribution in [0, 0.1) is 0 Å². The number of halogens is 1. The first kappa shape index (κ1) is 23.0. The van der Waals surface area contributed by atoms with Crippen molar-refractivity contribution in [1.82, 2.24) is 20.2 Å². The number of nitrogens with one attached hydrogen (secondary N) is 2. The highest BCUT2D eigenvalue weighted by molar-refractivity contribution is 6.30. The molecule has 0 radical (unpaired) electrons. The van der Waals surface area contributed by atoms with Gasteiger partial charge in [-0.05, 0) is 69.7 Å². The van der Waals surface area contributed by atoms with Gasteiger partial charge < -0.3 is 10.6 Å². The number of hydrogen-bond donors (Lipinski definition) is 2. The van der Waals surface area contributed by atoms with Crippen LogP contribution in [0.4, 0.5) is 5.82 Å². The van der Waals surface area contributed by atoms with E-state index < -0.39 is 0 Å². The van der Waals surface area contributed by atoms with Crippen LogP contribution in [0.3, 0.4) is 0 Å². The number of amides is 1. The number of hydrogen-bond acceptors (Lipinski definition) is 5. The molecule has 2 aromatic rings. The Bertz CT molecular complexity index is 932. The summed E-state index contributed by atoms with van der Waals surface area (Å²) in [5.41, 5.74) is 3.41. The molecule has 172 valence electrons. The highest BCUT2D eigenvalue weighted by atomic mass is 35.5. The predicted octanol–water partition coefficient (Wildman–Crippen LogP) is 4.36. The largest absolute Gasteiger partial charge is 0.368 e. The number of aromatic nitrogens is 2. The van der Waals surface area contributed by atoms with Crippen LogP contribution in [0.1, 0.15) is 68.7 Å². The maximum atomic E-state index is 13.4. The molecular formula is C25H34ClN5O. The molecule has 2 N–H and O–H groups in total. The minimum absolute atomic E-state index is 0.0768. The first-order valence-electron chi connectivity index (χ1n) is 11.8. The molecule has 1 fully saturated rings. The molecule has 6 nitrogen and oxygen atoms in total. The van der Waals surface area contributed by atoms with E-state index in [9.17, 15) is 4.79 Å². The molecule has 2 heterocycles. The first-order chi connectivity index (χ1) is 15.5. The van der Waals surface area contributed by atoms with Gasteiger partial charge in [-0.2, -0.15) is 0 Å². The summed E-state index contributed by atoms with van der Waals surface area (Å²) in [6.45, 7) is 8.86. The fraction of sp³-hybridized carbons (Fsp3) is 0.560. The summed E-state index contributed by atoms with van der Waals surface area (Å²) in [7, 11) is 0. The van der Waals surface area contributed by atoms with Crippen LogP contribution in [0.25, 0.3) is 0 Å². The van der Waals surface area contributed by atoms with E-state index in [0.717, 1.165) is 49.3 Å². The summed E-state index contributed by atoms with van der Waals surface area (Å²) < 4.78 is 0. The minimum Gasteiger partial charge on any atom is -0.368 e. The Balaban J connectivity index is 1.42. The normalized spacial score (nSPS) is 21.5. The third kappa shape index (κ3) is 4.91. The van der Waals surface area contributed by atoms with E-state index in [1.54, 1.807) is 6.33 Å². The zero-order chi connectivity index (χ0) is 22.7. The van der Waals surface area contributed by atoms with Gasteiger partial charge in [-0.1, -0.05) is 30.7 Å². The van der Waals surface area contributed by atoms with Crippen molar-refractivity contribution < 1.29 is 4.79 Å². The lowest BCUT2D eigenvalue weighted by molar-refractivity contribution is -0.124. The smallest absolute Gasteiger partial charge is 0.229 e. The fourth-order valence-electron chi connectivity index (χ4n) is 5.30. The van der Waals surface area contributed by atoms with Crippen molar-refractivity contribution >= 4 is 23.3 Å². The molecule has 1 aliphatic heterocycles. The second-order valence-corrected chi connectivity index (χ2v) is 9.75. The summed E-state index contributed by atoms with van der Waals surface area (Å²) in [5, 5.41) is 7.29. The highest BCUT2D eigenvalue weighted by Gasteiger charge is 2.38. The molecule has 7 heteroatoms. The van der Waals surface area contributed by atoms with Gasteiger partial charge in [0.1, 0.15) is 12.1 Å².